The van der Waals surface area contributed by atoms with Gasteiger partial charge in [0.05, 0.1) is 6.61 Å². The van der Waals surface area contributed by atoms with E-state index in [1.165, 1.54) is 12.8 Å². The number of hydrogen-bond donors (Lipinski definition) is 2. The molecule has 1 aromatic rings. The largest absolute Gasteiger partial charge is 0.494 e. The molecule has 2 unspecified atom stereocenters. The van der Waals surface area contributed by atoms with Crippen LogP contribution in [0.2, 0.25) is 0 Å². The molecule has 2 saturated heterocycles. The number of fused-ring (bicyclic) bond motifs is 2. The van der Waals surface area contributed by atoms with Crippen molar-refractivity contribution in [2.45, 2.75) is 64.1 Å². The molecule has 5 heteroatoms. The summed E-state index contributed by atoms with van der Waals surface area (Å²) in [6.45, 7) is 5.09. The maximum Gasteiger partial charge on any atom is 0.251 e. The second-order valence-corrected chi connectivity index (χ2v) is 7.34. The number of halogens is 1. The van der Waals surface area contributed by atoms with Crippen molar-refractivity contribution in [3.8, 4) is 5.75 Å². The number of carbonyl (C=O) groups is 1. The van der Waals surface area contributed by atoms with Crippen molar-refractivity contribution in [3.63, 3.8) is 0 Å². The Morgan fingerprint density at radius 3 is 2.42 bits per heavy atom. The van der Waals surface area contributed by atoms with E-state index in [1.807, 2.05) is 24.3 Å². The van der Waals surface area contributed by atoms with Gasteiger partial charge in [0.2, 0.25) is 0 Å². The number of carbonyl (C=O) groups excluding carboxylic acids is 1. The average Bonchev–Trinajstić information content (AvgIpc) is 2.86. The highest BCUT2D eigenvalue weighted by atomic mass is 35.5. The van der Waals surface area contributed by atoms with E-state index in [0.717, 1.165) is 31.6 Å². The fourth-order valence-corrected chi connectivity index (χ4v) is 3.56. The minimum atomic E-state index is 0. The smallest absolute Gasteiger partial charge is 0.251 e. The highest BCUT2D eigenvalue weighted by molar-refractivity contribution is 5.94. The van der Waals surface area contributed by atoms with Crippen LogP contribution in [0.15, 0.2) is 24.3 Å². The van der Waals surface area contributed by atoms with Crippen molar-refractivity contribution in [2.75, 3.05) is 6.61 Å². The average molecular weight is 353 g/mol. The van der Waals surface area contributed by atoms with Gasteiger partial charge in [-0.2, -0.15) is 0 Å². The van der Waals surface area contributed by atoms with Crippen molar-refractivity contribution in [2.24, 2.45) is 5.92 Å². The number of ether oxygens (including phenoxy) is 1. The van der Waals surface area contributed by atoms with E-state index < -0.39 is 0 Å². The first-order chi connectivity index (χ1) is 11.1. The highest BCUT2D eigenvalue weighted by Crippen LogP contribution is 2.27. The molecule has 0 radical (unpaired) electrons. The molecule has 2 atom stereocenters. The number of benzene rings is 1. The molecule has 2 aliphatic rings. The van der Waals surface area contributed by atoms with Gasteiger partial charge in [0, 0.05) is 23.7 Å². The summed E-state index contributed by atoms with van der Waals surface area (Å²) in [6.07, 6.45) is 5.65. The molecule has 1 amide bonds. The molecule has 2 N–H and O–H groups in total. The molecule has 3 rings (SSSR count). The van der Waals surface area contributed by atoms with Crippen LogP contribution in [-0.2, 0) is 0 Å². The standard InChI is InChI=1S/C19H28N2O2.ClH/c1-13(2)9-10-23-18-7-3-14(4-8-18)19(22)21-17-11-15-5-6-16(12-17)20-15;/h3-4,7-8,13,15-17,20H,5-6,9-12H2,1-2H3,(H,21,22);1H. The molecule has 0 aliphatic carbocycles. The Labute approximate surface area is 151 Å². The predicted octanol–water partition coefficient (Wildman–Crippen LogP) is 3.55. The molecule has 0 aromatic heterocycles. The zero-order valence-corrected chi connectivity index (χ0v) is 15.4. The lowest BCUT2D eigenvalue weighted by atomic mass is 9.99. The summed E-state index contributed by atoms with van der Waals surface area (Å²) in [6, 6.07) is 8.99. The minimum Gasteiger partial charge on any atom is -0.494 e. The first kappa shape index (κ1) is 19.1. The molecule has 2 aliphatic heterocycles. The second kappa shape index (κ2) is 8.72. The predicted molar refractivity (Wildman–Crippen MR) is 99.1 cm³/mol. The Kier molecular flexibility index (Phi) is 6.93. The molecule has 2 bridgehead atoms. The van der Waals surface area contributed by atoms with Crippen LogP contribution in [0.5, 0.6) is 5.75 Å². The third kappa shape index (κ3) is 5.12. The van der Waals surface area contributed by atoms with E-state index in [-0.39, 0.29) is 18.3 Å². The maximum atomic E-state index is 12.4. The summed E-state index contributed by atoms with van der Waals surface area (Å²) in [5, 5.41) is 6.79. The summed E-state index contributed by atoms with van der Waals surface area (Å²) in [4.78, 5) is 12.4. The van der Waals surface area contributed by atoms with Crippen LogP contribution in [0.25, 0.3) is 0 Å². The Balaban J connectivity index is 0.00000208. The maximum absolute atomic E-state index is 12.4. The van der Waals surface area contributed by atoms with E-state index in [9.17, 15) is 4.79 Å². The van der Waals surface area contributed by atoms with Gasteiger partial charge < -0.3 is 15.4 Å². The molecule has 134 valence electrons. The van der Waals surface area contributed by atoms with Crippen LogP contribution in [0.3, 0.4) is 0 Å². The molecule has 2 heterocycles. The van der Waals surface area contributed by atoms with Crippen molar-refractivity contribution >= 4 is 18.3 Å². The number of amides is 1. The van der Waals surface area contributed by atoms with Crippen LogP contribution in [0, 0.1) is 5.92 Å². The molecule has 24 heavy (non-hydrogen) atoms. The van der Waals surface area contributed by atoms with Gasteiger partial charge in [-0.15, -0.1) is 12.4 Å². The van der Waals surface area contributed by atoms with E-state index >= 15 is 0 Å². The van der Waals surface area contributed by atoms with Crippen LogP contribution >= 0.6 is 12.4 Å². The lowest BCUT2D eigenvalue weighted by molar-refractivity contribution is 0.0924. The number of hydrogen-bond acceptors (Lipinski definition) is 3. The number of piperidine rings is 1. The molecule has 4 nitrogen and oxygen atoms in total. The second-order valence-electron chi connectivity index (χ2n) is 7.34. The fraction of sp³-hybridized carbons (Fsp3) is 0.632. The first-order valence-corrected chi connectivity index (χ1v) is 8.90. The van der Waals surface area contributed by atoms with Gasteiger partial charge in [0.25, 0.3) is 5.91 Å². The van der Waals surface area contributed by atoms with Crippen LogP contribution < -0.4 is 15.4 Å². The van der Waals surface area contributed by atoms with E-state index in [0.29, 0.717) is 29.6 Å². The van der Waals surface area contributed by atoms with Crippen molar-refractivity contribution in [1.82, 2.24) is 10.6 Å². The highest BCUT2D eigenvalue weighted by Gasteiger charge is 2.34. The lowest BCUT2D eigenvalue weighted by Crippen LogP contribution is -2.48. The first-order valence-electron chi connectivity index (χ1n) is 8.90. The number of rotatable bonds is 6. The summed E-state index contributed by atoms with van der Waals surface area (Å²) >= 11 is 0. The molecule has 2 fully saturated rings. The summed E-state index contributed by atoms with van der Waals surface area (Å²) in [5.74, 6) is 1.51. The normalized spacial score (nSPS) is 25.2. The Bertz CT molecular complexity index is 521. The van der Waals surface area contributed by atoms with Gasteiger partial charge >= 0.3 is 0 Å². The summed E-state index contributed by atoms with van der Waals surface area (Å²) < 4.78 is 5.70. The Morgan fingerprint density at radius 1 is 1.21 bits per heavy atom. The van der Waals surface area contributed by atoms with Gasteiger partial charge in [0.1, 0.15) is 5.75 Å². The lowest BCUT2D eigenvalue weighted by Gasteiger charge is -2.29. The van der Waals surface area contributed by atoms with E-state index in [2.05, 4.69) is 24.5 Å². The van der Waals surface area contributed by atoms with Gasteiger partial charge in [-0.3, -0.25) is 4.79 Å². The molecular weight excluding hydrogens is 324 g/mol. The molecule has 0 saturated carbocycles. The van der Waals surface area contributed by atoms with Crippen molar-refractivity contribution in [1.29, 1.82) is 0 Å². The summed E-state index contributed by atoms with van der Waals surface area (Å²) in [7, 11) is 0. The Hall–Kier alpha value is -1.26. The molecule has 0 spiro atoms. The van der Waals surface area contributed by atoms with Crippen LogP contribution in [-0.4, -0.2) is 30.6 Å². The molecule has 1 aromatic carbocycles. The van der Waals surface area contributed by atoms with Gasteiger partial charge in [-0.1, -0.05) is 13.8 Å². The number of nitrogens with one attached hydrogen (secondary N) is 2. The monoisotopic (exact) mass is 352 g/mol. The SMILES string of the molecule is CC(C)CCOc1ccc(C(=O)NC2CC3CCC(C2)N3)cc1.Cl. The third-order valence-electron chi connectivity index (χ3n) is 4.89. The van der Waals surface area contributed by atoms with Gasteiger partial charge in [-0.05, 0) is 62.3 Å². The topological polar surface area (TPSA) is 50.4 Å². The minimum absolute atomic E-state index is 0. The molecular formula is C19H29ClN2O2. The van der Waals surface area contributed by atoms with Crippen molar-refractivity contribution < 1.29 is 9.53 Å². The third-order valence-corrected chi connectivity index (χ3v) is 4.89. The Morgan fingerprint density at radius 2 is 1.83 bits per heavy atom. The van der Waals surface area contributed by atoms with E-state index in [4.69, 9.17) is 4.74 Å². The quantitative estimate of drug-likeness (QED) is 0.823. The van der Waals surface area contributed by atoms with Crippen LogP contribution in [0.4, 0.5) is 0 Å². The zero-order chi connectivity index (χ0) is 16.2. The van der Waals surface area contributed by atoms with E-state index in [1.54, 1.807) is 0 Å². The van der Waals surface area contributed by atoms with Crippen molar-refractivity contribution in [3.05, 3.63) is 29.8 Å². The summed E-state index contributed by atoms with van der Waals surface area (Å²) in [5.41, 5.74) is 0.715. The fourth-order valence-electron chi connectivity index (χ4n) is 3.56. The zero-order valence-electron chi connectivity index (χ0n) is 14.6. The van der Waals surface area contributed by atoms with Crippen LogP contribution in [0.1, 0.15) is 56.3 Å². The van der Waals surface area contributed by atoms with Gasteiger partial charge in [0.15, 0.2) is 0 Å². The van der Waals surface area contributed by atoms with Gasteiger partial charge in [-0.25, -0.2) is 0 Å².